The van der Waals surface area contributed by atoms with Gasteiger partial charge in [0.2, 0.25) is 0 Å². The van der Waals surface area contributed by atoms with Crippen LogP contribution in [0.3, 0.4) is 0 Å². The second-order valence-corrected chi connectivity index (χ2v) is 6.82. The Morgan fingerprint density at radius 1 is 0.900 bits per heavy atom. The molecule has 0 aromatic heterocycles. The number of fused-ring (bicyclic) bond motifs is 1. The molecule has 1 aliphatic carbocycles. The van der Waals surface area contributed by atoms with E-state index in [-0.39, 0.29) is 0 Å². The molecule has 0 aliphatic heterocycles. The summed E-state index contributed by atoms with van der Waals surface area (Å²) >= 11 is 3.61. The normalized spacial score (nSPS) is 17.1. The summed E-state index contributed by atoms with van der Waals surface area (Å²) in [6, 6.07) is 11.2. The van der Waals surface area contributed by atoms with Crippen molar-refractivity contribution >= 4 is 22.0 Å². The van der Waals surface area contributed by atoms with Crippen LogP contribution >= 0.6 is 15.9 Å². The van der Waals surface area contributed by atoms with E-state index in [0.29, 0.717) is 5.92 Å². The van der Waals surface area contributed by atoms with Gasteiger partial charge in [-0.1, -0.05) is 51.3 Å². The molecule has 0 nitrogen and oxygen atoms in total. The van der Waals surface area contributed by atoms with Crippen LogP contribution in [0.15, 0.2) is 40.4 Å². The number of hydrogen-bond donors (Lipinski definition) is 0. The molecule has 0 saturated carbocycles. The van der Waals surface area contributed by atoms with Gasteiger partial charge in [-0.05, 0) is 67.6 Å². The standard InChI is InChI=1S/C19H19Br/c1-11-7-12(2)18(13(3)8-11)19-14(4)9-15-5-6-16(20)10-17(15)19/h5-10,19H,1-4H3. The molecule has 0 N–H and O–H groups in total. The summed E-state index contributed by atoms with van der Waals surface area (Å²) in [7, 11) is 0. The highest BCUT2D eigenvalue weighted by Crippen LogP contribution is 2.44. The molecule has 1 unspecified atom stereocenters. The number of rotatable bonds is 1. The minimum atomic E-state index is 0.406. The highest BCUT2D eigenvalue weighted by atomic mass is 79.9. The lowest BCUT2D eigenvalue weighted by Gasteiger charge is -2.21. The first-order valence-electron chi connectivity index (χ1n) is 7.03. The molecular weight excluding hydrogens is 308 g/mol. The predicted octanol–water partition coefficient (Wildman–Crippen LogP) is 5.92. The Bertz CT molecular complexity index is 700. The summed E-state index contributed by atoms with van der Waals surface area (Å²) in [5.74, 6) is 0.406. The number of allylic oxidation sites excluding steroid dienone is 1. The molecule has 102 valence electrons. The lowest BCUT2D eigenvalue weighted by Crippen LogP contribution is -2.05. The van der Waals surface area contributed by atoms with E-state index in [9.17, 15) is 0 Å². The van der Waals surface area contributed by atoms with Crippen molar-refractivity contribution in [3.05, 3.63) is 73.8 Å². The minimum Gasteiger partial charge on any atom is -0.0608 e. The number of benzene rings is 2. The van der Waals surface area contributed by atoms with Crippen LogP contribution in [0.4, 0.5) is 0 Å². The molecule has 0 radical (unpaired) electrons. The minimum absolute atomic E-state index is 0.406. The maximum Gasteiger partial charge on any atom is 0.0311 e. The number of hydrogen-bond acceptors (Lipinski definition) is 0. The molecule has 2 aromatic rings. The van der Waals surface area contributed by atoms with Crippen LogP contribution in [0.2, 0.25) is 0 Å². The largest absolute Gasteiger partial charge is 0.0608 e. The van der Waals surface area contributed by atoms with Gasteiger partial charge in [-0.25, -0.2) is 0 Å². The molecule has 1 heteroatoms. The molecule has 0 fully saturated rings. The Hall–Kier alpha value is -1.34. The van der Waals surface area contributed by atoms with Crippen LogP contribution in [0.5, 0.6) is 0 Å². The van der Waals surface area contributed by atoms with Gasteiger partial charge in [0.1, 0.15) is 0 Å². The van der Waals surface area contributed by atoms with Crippen molar-refractivity contribution in [1.29, 1.82) is 0 Å². The fraction of sp³-hybridized carbons (Fsp3) is 0.263. The summed E-state index contributed by atoms with van der Waals surface area (Å²) in [6.07, 6.45) is 2.32. The average Bonchev–Trinajstić information content (AvgIpc) is 2.65. The van der Waals surface area contributed by atoms with Crippen molar-refractivity contribution in [3.63, 3.8) is 0 Å². The third-order valence-electron chi connectivity index (χ3n) is 4.23. The van der Waals surface area contributed by atoms with Crippen molar-refractivity contribution in [2.24, 2.45) is 0 Å². The maximum absolute atomic E-state index is 3.61. The second-order valence-electron chi connectivity index (χ2n) is 5.91. The summed E-state index contributed by atoms with van der Waals surface area (Å²) in [6.45, 7) is 8.89. The van der Waals surface area contributed by atoms with Gasteiger partial charge >= 0.3 is 0 Å². The first-order valence-corrected chi connectivity index (χ1v) is 7.82. The average molecular weight is 327 g/mol. The van der Waals surface area contributed by atoms with E-state index in [0.717, 1.165) is 4.47 Å². The Morgan fingerprint density at radius 3 is 2.20 bits per heavy atom. The van der Waals surface area contributed by atoms with Crippen LogP contribution in [-0.4, -0.2) is 0 Å². The van der Waals surface area contributed by atoms with Gasteiger partial charge in [-0.3, -0.25) is 0 Å². The Labute approximate surface area is 129 Å². The smallest absolute Gasteiger partial charge is 0.0311 e. The zero-order valence-corrected chi connectivity index (χ0v) is 14.0. The van der Waals surface area contributed by atoms with Crippen molar-refractivity contribution in [2.75, 3.05) is 0 Å². The highest BCUT2D eigenvalue weighted by molar-refractivity contribution is 9.10. The monoisotopic (exact) mass is 326 g/mol. The molecule has 1 aliphatic rings. The van der Waals surface area contributed by atoms with Crippen molar-refractivity contribution in [1.82, 2.24) is 0 Å². The SMILES string of the molecule is CC1=Cc2ccc(Br)cc2C1c1c(C)cc(C)cc1C. The lowest BCUT2D eigenvalue weighted by atomic mass is 9.83. The molecule has 0 spiro atoms. The van der Waals surface area contributed by atoms with Crippen LogP contribution in [-0.2, 0) is 0 Å². The summed E-state index contributed by atoms with van der Waals surface area (Å²) in [5.41, 5.74) is 9.83. The van der Waals surface area contributed by atoms with Gasteiger partial charge < -0.3 is 0 Å². The van der Waals surface area contributed by atoms with E-state index < -0.39 is 0 Å². The molecule has 2 aromatic carbocycles. The zero-order chi connectivity index (χ0) is 14.4. The van der Waals surface area contributed by atoms with Crippen molar-refractivity contribution < 1.29 is 0 Å². The van der Waals surface area contributed by atoms with Gasteiger partial charge in [0.25, 0.3) is 0 Å². The summed E-state index contributed by atoms with van der Waals surface area (Å²) in [4.78, 5) is 0. The zero-order valence-electron chi connectivity index (χ0n) is 12.4. The van der Waals surface area contributed by atoms with E-state index >= 15 is 0 Å². The van der Waals surface area contributed by atoms with E-state index in [4.69, 9.17) is 0 Å². The van der Waals surface area contributed by atoms with Crippen LogP contribution < -0.4 is 0 Å². The third kappa shape index (κ3) is 2.14. The van der Waals surface area contributed by atoms with E-state index in [1.54, 1.807) is 0 Å². The molecule has 20 heavy (non-hydrogen) atoms. The van der Waals surface area contributed by atoms with Crippen molar-refractivity contribution in [2.45, 2.75) is 33.6 Å². The second kappa shape index (κ2) is 4.89. The Morgan fingerprint density at radius 2 is 1.55 bits per heavy atom. The van der Waals surface area contributed by atoms with Crippen molar-refractivity contribution in [3.8, 4) is 0 Å². The molecular formula is C19H19Br. The van der Waals surface area contributed by atoms with Gasteiger partial charge in [-0.2, -0.15) is 0 Å². The highest BCUT2D eigenvalue weighted by Gasteiger charge is 2.26. The Balaban J connectivity index is 2.22. The van der Waals surface area contributed by atoms with Gasteiger partial charge in [0, 0.05) is 10.4 Å². The van der Waals surface area contributed by atoms with E-state index in [1.807, 2.05) is 0 Å². The Kier molecular flexibility index (Phi) is 3.33. The molecule has 0 bridgehead atoms. The molecule has 1 atom stereocenters. The fourth-order valence-corrected chi connectivity index (χ4v) is 3.91. The molecule has 0 saturated heterocycles. The van der Waals surface area contributed by atoms with Gasteiger partial charge in [0.15, 0.2) is 0 Å². The quantitative estimate of drug-likeness (QED) is 0.609. The van der Waals surface area contributed by atoms with Crippen LogP contribution in [0, 0.1) is 20.8 Å². The molecule has 3 rings (SSSR count). The van der Waals surface area contributed by atoms with E-state index in [2.05, 4.69) is 80.0 Å². The number of halogens is 1. The predicted molar refractivity (Wildman–Crippen MR) is 90.3 cm³/mol. The summed E-state index contributed by atoms with van der Waals surface area (Å²) in [5, 5.41) is 0. The molecule has 0 amide bonds. The lowest BCUT2D eigenvalue weighted by molar-refractivity contribution is 0.943. The van der Waals surface area contributed by atoms with Gasteiger partial charge in [0.05, 0.1) is 0 Å². The summed E-state index contributed by atoms with van der Waals surface area (Å²) < 4.78 is 1.16. The van der Waals surface area contributed by atoms with Crippen LogP contribution in [0.25, 0.3) is 6.08 Å². The van der Waals surface area contributed by atoms with Gasteiger partial charge in [-0.15, -0.1) is 0 Å². The first kappa shape index (κ1) is 13.6. The molecule has 0 heterocycles. The first-order chi connectivity index (χ1) is 9.47. The third-order valence-corrected chi connectivity index (χ3v) is 4.72. The fourth-order valence-electron chi connectivity index (χ4n) is 3.53. The van der Waals surface area contributed by atoms with E-state index in [1.165, 1.54) is 39.0 Å². The number of aryl methyl sites for hydroxylation is 3. The van der Waals surface area contributed by atoms with Crippen LogP contribution in [0.1, 0.15) is 46.2 Å². The maximum atomic E-state index is 3.61. The topological polar surface area (TPSA) is 0 Å².